The Labute approximate surface area is 189 Å². The lowest BCUT2D eigenvalue weighted by atomic mass is 9.97. The van der Waals surface area contributed by atoms with Crippen LogP contribution >= 0.6 is 0 Å². The number of carbonyl (C=O) groups excluding carboxylic acids is 1. The number of hydrogen-bond donors (Lipinski definition) is 2. The van der Waals surface area contributed by atoms with Crippen molar-refractivity contribution in [1.29, 1.82) is 0 Å². The van der Waals surface area contributed by atoms with Crippen molar-refractivity contribution in [3.8, 4) is 0 Å². The van der Waals surface area contributed by atoms with Gasteiger partial charge in [-0.05, 0) is 56.9 Å². The van der Waals surface area contributed by atoms with Gasteiger partial charge >= 0.3 is 0 Å². The molecule has 1 fully saturated rings. The van der Waals surface area contributed by atoms with Gasteiger partial charge in [0.1, 0.15) is 5.82 Å². The first-order chi connectivity index (χ1) is 15.3. The highest BCUT2D eigenvalue weighted by atomic mass is 32.2. The minimum Gasteiger partial charge on any atom is -0.355 e. The molecule has 1 saturated heterocycles. The molecular weight excluding hydrogens is 424 g/mol. The van der Waals surface area contributed by atoms with Crippen molar-refractivity contribution >= 4 is 27.0 Å². The molecule has 32 heavy (non-hydrogen) atoms. The van der Waals surface area contributed by atoms with Gasteiger partial charge in [0.05, 0.1) is 15.9 Å². The monoisotopic (exact) mass is 454 g/mol. The molecule has 1 aliphatic rings. The van der Waals surface area contributed by atoms with E-state index >= 15 is 0 Å². The summed E-state index contributed by atoms with van der Waals surface area (Å²) in [6, 6.07) is 11.6. The fraction of sp³-hybridized carbons (Fsp3) is 0.417. The van der Waals surface area contributed by atoms with Gasteiger partial charge in [-0.2, -0.15) is 4.31 Å². The number of amides is 1. The van der Waals surface area contributed by atoms with E-state index in [9.17, 15) is 13.2 Å². The zero-order valence-electron chi connectivity index (χ0n) is 18.8. The molecule has 0 radical (unpaired) electrons. The van der Waals surface area contributed by atoms with Gasteiger partial charge in [0.25, 0.3) is 0 Å². The smallest absolute Gasteiger partial charge is 0.243 e. The van der Waals surface area contributed by atoms with Crippen LogP contribution in [0.3, 0.4) is 0 Å². The molecule has 1 aromatic heterocycles. The van der Waals surface area contributed by atoms with Gasteiger partial charge < -0.3 is 10.3 Å². The van der Waals surface area contributed by atoms with Crippen LogP contribution in [0, 0.1) is 26.7 Å². The third-order valence-corrected chi connectivity index (χ3v) is 8.33. The summed E-state index contributed by atoms with van der Waals surface area (Å²) in [5.41, 5.74) is 4.50. The Hall–Kier alpha value is -2.71. The van der Waals surface area contributed by atoms with E-state index in [1.807, 2.05) is 57.2 Å². The van der Waals surface area contributed by atoms with E-state index < -0.39 is 10.0 Å². The van der Waals surface area contributed by atoms with Gasteiger partial charge in [-0.25, -0.2) is 13.4 Å². The average molecular weight is 455 g/mol. The first kappa shape index (κ1) is 22.5. The van der Waals surface area contributed by atoms with Crippen LogP contribution in [0.1, 0.15) is 35.4 Å². The van der Waals surface area contributed by atoms with Crippen LogP contribution in [0.4, 0.5) is 0 Å². The predicted octanol–water partition coefficient (Wildman–Crippen LogP) is 3.25. The number of nitrogens with one attached hydrogen (secondary N) is 2. The van der Waals surface area contributed by atoms with Crippen LogP contribution in [-0.2, 0) is 21.2 Å². The molecule has 0 saturated carbocycles. The molecule has 4 rings (SSSR count). The minimum atomic E-state index is -3.57. The molecule has 7 nitrogen and oxygen atoms in total. The fourth-order valence-electron chi connectivity index (χ4n) is 4.63. The van der Waals surface area contributed by atoms with Gasteiger partial charge in [0.15, 0.2) is 0 Å². The topological polar surface area (TPSA) is 95.2 Å². The maximum Gasteiger partial charge on any atom is 0.243 e. The number of aromatic amines is 1. The highest BCUT2D eigenvalue weighted by molar-refractivity contribution is 7.89. The Morgan fingerprint density at radius 1 is 1.12 bits per heavy atom. The average Bonchev–Trinajstić information content (AvgIpc) is 3.15. The fourth-order valence-corrected chi connectivity index (χ4v) is 6.51. The largest absolute Gasteiger partial charge is 0.355 e. The molecule has 0 aliphatic carbocycles. The SMILES string of the molecule is Cc1cc(C)c(S(=O)(=O)N2CCC(C(=O)NCCc3nc4ccccc4[nH]3)CC2)c(C)c1. The van der Waals surface area contributed by atoms with Crippen molar-refractivity contribution in [3.05, 3.63) is 58.9 Å². The third-order valence-electron chi connectivity index (χ3n) is 6.13. The number of fused-ring (bicyclic) bond motifs is 1. The van der Waals surface area contributed by atoms with E-state index in [1.165, 1.54) is 4.31 Å². The summed E-state index contributed by atoms with van der Waals surface area (Å²) in [4.78, 5) is 20.8. The van der Waals surface area contributed by atoms with Crippen molar-refractivity contribution in [2.75, 3.05) is 19.6 Å². The Morgan fingerprint density at radius 3 is 2.44 bits per heavy atom. The summed E-state index contributed by atoms with van der Waals surface area (Å²) in [6.07, 6.45) is 1.68. The van der Waals surface area contributed by atoms with Gasteiger partial charge in [-0.1, -0.05) is 29.8 Å². The van der Waals surface area contributed by atoms with E-state index in [0.717, 1.165) is 33.5 Å². The van der Waals surface area contributed by atoms with Crippen molar-refractivity contribution in [2.24, 2.45) is 5.92 Å². The van der Waals surface area contributed by atoms with Crippen LogP contribution in [0.25, 0.3) is 11.0 Å². The molecule has 3 aromatic rings. The molecule has 0 spiro atoms. The number of imidazole rings is 1. The Kier molecular flexibility index (Phi) is 6.35. The number of rotatable bonds is 6. The third kappa shape index (κ3) is 4.56. The molecule has 170 valence electrons. The molecule has 0 unspecified atom stereocenters. The number of H-pyrrole nitrogens is 1. The molecular formula is C24H30N4O3S. The normalized spacial score (nSPS) is 15.8. The van der Waals surface area contributed by atoms with Crippen LogP contribution in [0.2, 0.25) is 0 Å². The van der Waals surface area contributed by atoms with Gasteiger partial charge in [0, 0.05) is 32.0 Å². The number of sulfonamides is 1. The number of aryl methyl sites for hydroxylation is 3. The lowest BCUT2D eigenvalue weighted by Gasteiger charge is -2.31. The number of hydrogen-bond acceptors (Lipinski definition) is 4. The highest BCUT2D eigenvalue weighted by Gasteiger charge is 2.33. The van der Waals surface area contributed by atoms with Gasteiger partial charge in [-0.15, -0.1) is 0 Å². The van der Waals surface area contributed by atoms with Crippen molar-refractivity contribution in [1.82, 2.24) is 19.6 Å². The van der Waals surface area contributed by atoms with Crippen LogP contribution < -0.4 is 5.32 Å². The number of piperidine rings is 1. The zero-order chi connectivity index (χ0) is 22.9. The molecule has 0 bridgehead atoms. The van der Waals surface area contributed by atoms with Crippen molar-refractivity contribution in [2.45, 2.75) is 44.9 Å². The quantitative estimate of drug-likeness (QED) is 0.598. The van der Waals surface area contributed by atoms with Crippen LogP contribution in [-0.4, -0.2) is 48.2 Å². The first-order valence-electron chi connectivity index (χ1n) is 11.0. The summed E-state index contributed by atoms with van der Waals surface area (Å²) in [7, 11) is -3.57. The number of para-hydroxylation sites is 2. The van der Waals surface area contributed by atoms with E-state index in [0.29, 0.717) is 43.8 Å². The van der Waals surface area contributed by atoms with Crippen molar-refractivity contribution in [3.63, 3.8) is 0 Å². The summed E-state index contributed by atoms with van der Waals surface area (Å²) in [5, 5.41) is 2.99. The van der Waals surface area contributed by atoms with E-state index in [-0.39, 0.29) is 11.8 Å². The molecule has 2 N–H and O–H groups in total. The minimum absolute atomic E-state index is 0.0131. The first-order valence-corrected chi connectivity index (χ1v) is 12.5. The Morgan fingerprint density at radius 2 is 1.78 bits per heavy atom. The molecule has 2 heterocycles. The molecule has 1 amide bonds. The maximum absolute atomic E-state index is 13.2. The van der Waals surface area contributed by atoms with E-state index in [1.54, 1.807) is 0 Å². The molecule has 1 aliphatic heterocycles. The summed E-state index contributed by atoms with van der Waals surface area (Å²) >= 11 is 0. The molecule has 0 atom stereocenters. The predicted molar refractivity (Wildman–Crippen MR) is 125 cm³/mol. The van der Waals surface area contributed by atoms with E-state index in [2.05, 4.69) is 15.3 Å². The highest BCUT2D eigenvalue weighted by Crippen LogP contribution is 2.28. The molecule has 2 aromatic carbocycles. The second-order valence-corrected chi connectivity index (χ2v) is 10.5. The number of benzene rings is 2. The number of carbonyl (C=O) groups is 1. The van der Waals surface area contributed by atoms with Crippen LogP contribution in [0.15, 0.2) is 41.3 Å². The summed E-state index contributed by atoms with van der Waals surface area (Å²) in [5.74, 6) is 0.662. The van der Waals surface area contributed by atoms with Crippen molar-refractivity contribution < 1.29 is 13.2 Å². The zero-order valence-corrected chi connectivity index (χ0v) is 19.6. The summed E-state index contributed by atoms with van der Waals surface area (Å²) in [6.45, 7) is 6.87. The number of nitrogens with zero attached hydrogens (tertiary/aromatic N) is 2. The second-order valence-electron chi connectivity index (χ2n) is 8.65. The lowest BCUT2D eigenvalue weighted by molar-refractivity contribution is -0.126. The second kappa shape index (κ2) is 9.03. The van der Waals surface area contributed by atoms with Gasteiger partial charge in [0.2, 0.25) is 15.9 Å². The standard InChI is InChI=1S/C24H30N4O3S/c1-16-14-17(2)23(18(3)15-16)32(30,31)28-12-9-19(10-13-28)24(29)25-11-8-22-26-20-6-4-5-7-21(20)27-22/h4-7,14-15,19H,8-13H2,1-3H3,(H,25,29)(H,26,27). The number of aromatic nitrogens is 2. The van der Waals surface area contributed by atoms with Crippen LogP contribution in [0.5, 0.6) is 0 Å². The Balaban J connectivity index is 1.31. The van der Waals surface area contributed by atoms with Gasteiger partial charge in [-0.3, -0.25) is 4.79 Å². The summed E-state index contributed by atoms with van der Waals surface area (Å²) < 4.78 is 28.0. The Bertz CT molecular complexity index is 1190. The van der Waals surface area contributed by atoms with E-state index in [4.69, 9.17) is 0 Å². The maximum atomic E-state index is 13.2. The molecule has 8 heteroatoms. The lowest BCUT2D eigenvalue weighted by Crippen LogP contribution is -2.43.